The number of rotatable bonds is 2. The number of halogens is 1. The average molecular weight is 231 g/mol. The molecular weight excluding hydrogens is 220 g/mol. The van der Waals surface area contributed by atoms with Gasteiger partial charge in [-0.25, -0.2) is 0 Å². The fourth-order valence-electron chi connectivity index (χ4n) is 1.62. The summed E-state index contributed by atoms with van der Waals surface area (Å²) in [6.07, 6.45) is 1.36. The molecule has 1 aliphatic rings. The van der Waals surface area contributed by atoms with Crippen LogP contribution in [-0.4, -0.2) is 5.33 Å². The molecule has 0 saturated heterocycles. The van der Waals surface area contributed by atoms with E-state index in [2.05, 4.69) is 39.7 Å². The highest BCUT2D eigenvalue weighted by molar-refractivity contribution is 9.09. The molecule has 0 nitrogen and oxygen atoms in total. The van der Waals surface area contributed by atoms with E-state index in [9.17, 15) is 0 Å². The van der Waals surface area contributed by atoms with E-state index in [1.54, 1.807) is 11.3 Å². The summed E-state index contributed by atoms with van der Waals surface area (Å²) in [5.74, 6) is 0.872. The van der Waals surface area contributed by atoms with Crippen molar-refractivity contribution in [1.82, 2.24) is 0 Å². The van der Waals surface area contributed by atoms with Crippen LogP contribution >= 0.6 is 27.3 Å². The molecule has 1 saturated carbocycles. The Kier molecular flexibility index (Phi) is 1.84. The molecular formula is C9H11BrS. The maximum atomic E-state index is 3.54. The van der Waals surface area contributed by atoms with Crippen LogP contribution in [0.5, 0.6) is 0 Å². The van der Waals surface area contributed by atoms with Gasteiger partial charge in [0, 0.05) is 5.33 Å². The first-order valence-corrected chi connectivity index (χ1v) is 5.92. The van der Waals surface area contributed by atoms with E-state index in [0.29, 0.717) is 5.41 Å². The van der Waals surface area contributed by atoms with E-state index in [0.717, 1.165) is 11.2 Å². The number of alkyl halides is 1. The van der Waals surface area contributed by atoms with Crippen LogP contribution in [0.3, 0.4) is 0 Å². The minimum absolute atomic E-state index is 0.503. The Balaban J connectivity index is 2.19. The van der Waals surface area contributed by atoms with Crippen LogP contribution in [0.15, 0.2) is 16.8 Å². The Hall–Kier alpha value is 0.180. The Morgan fingerprint density at radius 2 is 2.64 bits per heavy atom. The van der Waals surface area contributed by atoms with Crippen molar-refractivity contribution >= 4 is 27.3 Å². The van der Waals surface area contributed by atoms with Crippen LogP contribution in [-0.2, 0) is 5.41 Å². The first kappa shape index (κ1) is 7.81. The molecule has 11 heavy (non-hydrogen) atoms. The second kappa shape index (κ2) is 2.60. The molecule has 0 N–H and O–H groups in total. The van der Waals surface area contributed by atoms with Gasteiger partial charge >= 0.3 is 0 Å². The molecule has 0 aliphatic heterocycles. The summed E-state index contributed by atoms with van der Waals surface area (Å²) >= 11 is 5.34. The summed E-state index contributed by atoms with van der Waals surface area (Å²) in [6, 6.07) is 2.26. The zero-order valence-corrected chi connectivity index (χ0v) is 8.91. The van der Waals surface area contributed by atoms with Crippen LogP contribution < -0.4 is 0 Å². The van der Waals surface area contributed by atoms with Gasteiger partial charge in [-0.15, -0.1) is 0 Å². The van der Waals surface area contributed by atoms with Gasteiger partial charge in [-0.2, -0.15) is 11.3 Å². The van der Waals surface area contributed by atoms with Crippen LogP contribution in [0.25, 0.3) is 0 Å². The van der Waals surface area contributed by atoms with E-state index >= 15 is 0 Å². The molecule has 0 spiro atoms. The van der Waals surface area contributed by atoms with Crippen LogP contribution in [0.2, 0.25) is 0 Å². The molecule has 2 heteroatoms. The minimum atomic E-state index is 0.503. The molecule has 1 fully saturated rings. The average Bonchev–Trinajstić information content (AvgIpc) is 2.55. The summed E-state index contributed by atoms with van der Waals surface area (Å²) < 4.78 is 0. The van der Waals surface area contributed by atoms with Gasteiger partial charge in [-0.3, -0.25) is 0 Å². The van der Waals surface area contributed by atoms with E-state index < -0.39 is 0 Å². The zero-order valence-electron chi connectivity index (χ0n) is 6.51. The number of thiophene rings is 1. The largest absolute Gasteiger partial charge is 0.152 e. The SMILES string of the molecule is CC1(c2ccsc2)CC1CBr. The van der Waals surface area contributed by atoms with Crippen molar-refractivity contribution in [3.05, 3.63) is 22.4 Å². The van der Waals surface area contributed by atoms with Crippen molar-refractivity contribution in [1.29, 1.82) is 0 Å². The summed E-state index contributed by atoms with van der Waals surface area (Å²) in [4.78, 5) is 0. The minimum Gasteiger partial charge on any atom is -0.152 e. The molecule has 1 aromatic heterocycles. The van der Waals surface area contributed by atoms with Crippen molar-refractivity contribution in [2.45, 2.75) is 18.8 Å². The van der Waals surface area contributed by atoms with Crippen molar-refractivity contribution in [3.63, 3.8) is 0 Å². The van der Waals surface area contributed by atoms with Crippen LogP contribution in [0.1, 0.15) is 18.9 Å². The van der Waals surface area contributed by atoms with Crippen molar-refractivity contribution in [2.24, 2.45) is 5.92 Å². The molecule has 2 rings (SSSR count). The normalized spacial score (nSPS) is 35.6. The molecule has 0 bridgehead atoms. The highest BCUT2D eigenvalue weighted by atomic mass is 79.9. The smallest absolute Gasteiger partial charge is 0.00684 e. The van der Waals surface area contributed by atoms with E-state index in [1.165, 1.54) is 12.0 Å². The third-order valence-electron chi connectivity index (χ3n) is 2.78. The first-order chi connectivity index (χ1) is 5.27. The standard InChI is InChI=1S/C9H11BrS/c1-9(4-8(9)5-10)7-2-3-11-6-7/h2-3,6,8H,4-5H2,1H3. The van der Waals surface area contributed by atoms with Crippen LogP contribution in [0, 0.1) is 5.92 Å². The molecule has 1 aromatic rings. The van der Waals surface area contributed by atoms with Gasteiger partial charge in [0.1, 0.15) is 0 Å². The quantitative estimate of drug-likeness (QED) is 0.684. The predicted octanol–water partition coefficient (Wildman–Crippen LogP) is 3.42. The van der Waals surface area contributed by atoms with E-state index in [-0.39, 0.29) is 0 Å². The number of hydrogen-bond acceptors (Lipinski definition) is 1. The van der Waals surface area contributed by atoms with Crippen molar-refractivity contribution in [2.75, 3.05) is 5.33 Å². The van der Waals surface area contributed by atoms with Gasteiger partial charge in [0.25, 0.3) is 0 Å². The molecule has 0 amide bonds. The second-order valence-corrected chi connectivity index (χ2v) is 4.91. The summed E-state index contributed by atoms with van der Waals surface area (Å²) in [5.41, 5.74) is 2.04. The fraction of sp³-hybridized carbons (Fsp3) is 0.556. The lowest BCUT2D eigenvalue weighted by atomic mass is 10.00. The second-order valence-electron chi connectivity index (χ2n) is 3.48. The molecule has 1 heterocycles. The molecule has 1 aliphatic carbocycles. The Morgan fingerprint density at radius 3 is 3.09 bits per heavy atom. The molecule has 0 radical (unpaired) electrons. The Morgan fingerprint density at radius 1 is 1.82 bits per heavy atom. The monoisotopic (exact) mass is 230 g/mol. The predicted molar refractivity (Wildman–Crippen MR) is 53.6 cm³/mol. The van der Waals surface area contributed by atoms with Gasteiger partial charge in [-0.1, -0.05) is 22.9 Å². The number of hydrogen-bond donors (Lipinski definition) is 0. The van der Waals surface area contributed by atoms with Crippen molar-refractivity contribution < 1.29 is 0 Å². The van der Waals surface area contributed by atoms with Gasteiger partial charge < -0.3 is 0 Å². The third-order valence-corrected chi connectivity index (χ3v) is 4.24. The van der Waals surface area contributed by atoms with Gasteiger partial charge in [0.15, 0.2) is 0 Å². The third kappa shape index (κ3) is 1.17. The summed E-state index contributed by atoms with van der Waals surface area (Å²) in [5, 5.41) is 5.60. The lowest BCUT2D eigenvalue weighted by Gasteiger charge is -2.06. The van der Waals surface area contributed by atoms with Crippen LogP contribution in [0.4, 0.5) is 0 Å². The highest BCUT2D eigenvalue weighted by Gasteiger charge is 2.50. The maximum Gasteiger partial charge on any atom is 0.00684 e. The Labute approximate surface area is 79.8 Å². The topological polar surface area (TPSA) is 0 Å². The zero-order chi connectivity index (χ0) is 7.90. The van der Waals surface area contributed by atoms with Crippen molar-refractivity contribution in [3.8, 4) is 0 Å². The Bertz CT molecular complexity index is 242. The summed E-state index contributed by atoms with van der Waals surface area (Å²) in [7, 11) is 0. The lowest BCUT2D eigenvalue weighted by Crippen LogP contribution is -2.02. The molecule has 2 unspecified atom stereocenters. The fourth-order valence-corrected chi connectivity index (χ4v) is 3.36. The van der Waals surface area contributed by atoms with Gasteiger partial charge in [-0.05, 0) is 40.1 Å². The molecule has 2 atom stereocenters. The molecule has 0 aromatic carbocycles. The maximum absolute atomic E-state index is 3.54. The van der Waals surface area contributed by atoms with Gasteiger partial charge in [0.05, 0.1) is 0 Å². The van der Waals surface area contributed by atoms with E-state index in [1.807, 2.05) is 0 Å². The molecule has 60 valence electrons. The van der Waals surface area contributed by atoms with E-state index in [4.69, 9.17) is 0 Å². The van der Waals surface area contributed by atoms with Gasteiger partial charge in [0.2, 0.25) is 0 Å². The first-order valence-electron chi connectivity index (χ1n) is 3.86. The lowest BCUT2D eigenvalue weighted by molar-refractivity contribution is 0.713. The summed E-state index contributed by atoms with van der Waals surface area (Å²) in [6.45, 7) is 2.36. The highest BCUT2D eigenvalue weighted by Crippen LogP contribution is 2.54.